The van der Waals surface area contributed by atoms with Gasteiger partial charge in [0.2, 0.25) is 5.91 Å². The van der Waals surface area contributed by atoms with Gasteiger partial charge in [-0.2, -0.15) is 0 Å². The first-order valence-corrected chi connectivity index (χ1v) is 18.1. The van der Waals surface area contributed by atoms with E-state index >= 15 is 0 Å². The molecule has 0 unspecified atom stereocenters. The van der Waals surface area contributed by atoms with Crippen LogP contribution in [0.1, 0.15) is 83.8 Å². The number of hydrogen-bond donors (Lipinski definition) is 1. The number of anilines is 1. The van der Waals surface area contributed by atoms with Gasteiger partial charge in [0, 0.05) is 9.75 Å². The van der Waals surface area contributed by atoms with Crippen molar-refractivity contribution >= 4 is 61.5 Å². The third-order valence-electron chi connectivity index (χ3n) is 9.32. The Morgan fingerprint density at radius 2 is 1.89 bits per heavy atom. The number of carbonyl (C=O) groups excluding carboxylic acids is 2. The van der Waals surface area contributed by atoms with E-state index in [1.807, 2.05) is 30.3 Å². The Morgan fingerprint density at radius 3 is 2.64 bits per heavy atom. The number of aromatic nitrogens is 2. The van der Waals surface area contributed by atoms with Gasteiger partial charge in [-0.1, -0.05) is 69.3 Å². The fourth-order valence-electron chi connectivity index (χ4n) is 6.42. The van der Waals surface area contributed by atoms with Crippen molar-refractivity contribution in [1.82, 2.24) is 9.55 Å². The van der Waals surface area contributed by atoms with Gasteiger partial charge in [0.25, 0.3) is 5.56 Å². The number of nitrogens with one attached hydrogen (secondary N) is 1. The summed E-state index contributed by atoms with van der Waals surface area (Å²) >= 11 is 4.38. The number of esters is 1. The van der Waals surface area contributed by atoms with E-state index in [0.29, 0.717) is 28.2 Å². The minimum absolute atomic E-state index is 0.0354. The Bertz CT molecular complexity index is 1770. The van der Waals surface area contributed by atoms with E-state index in [0.717, 1.165) is 71.2 Å². The average Bonchev–Trinajstić information content (AvgIpc) is 3.70. The minimum Gasteiger partial charge on any atom is -0.462 e. The highest BCUT2D eigenvalue weighted by Gasteiger charge is 2.34. The molecule has 6 rings (SSSR count). The van der Waals surface area contributed by atoms with Crippen molar-refractivity contribution in [1.29, 1.82) is 0 Å². The Balaban J connectivity index is 1.30. The van der Waals surface area contributed by atoms with Crippen molar-refractivity contribution in [2.24, 2.45) is 11.3 Å². The molecule has 10 heteroatoms. The molecule has 0 fully saturated rings. The number of thiophene rings is 2. The smallest absolute Gasteiger partial charge is 0.341 e. The molecule has 0 spiro atoms. The van der Waals surface area contributed by atoms with Gasteiger partial charge in [0.1, 0.15) is 9.83 Å². The Kier molecular flexibility index (Phi) is 9.04. The lowest BCUT2D eigenvalue weighted by atomic mass is 9.70. The molecule has 1 aromatic carbocycles. The number of benzene rings is 1. The maximum atomic E-state index is 14.2. The second-order valence-electron chi connectivity index (χ2n) is 12.4. The van der Waals surface area contributed by atoms with Crippen LogP contribution in [-0.4, -0.2) is 33.8 Å². The second-order valence-corrected chi connectivity index (χ2v) is 15.5. The van der Waals surface area contributed by atoms with Crippen LogP contribution in [0.2, 0.25) is 0 Å². The van der Waals surface area contributed by atoms with Crippen molar-refractivity contribution in [3.8, 4) is 0 Å². The highest BCUT2D eigenvalue weighted by molar-refractivity contribution is 7.99. The van der Waals surface area contributed by atoms with E-state index in [2.05, 4.69) is 26.1 Å². The number of amides is 1. The normalized spacial score (nSPS) is 16.1. The fourth-order valence-corrected chi connectivity index (χ4v) is 9.85. The molecule has 4 aromatic rings. The van der Waals surface area contributed by atoms with Crippen LogP contribution in [0, 0.1) is 11.3 Å². The van der Waals surface area contributed by atoms with Crippen LogP contribution >= 0.6 is 34.4 Å². The predicted molar refractivity (Wildman–Crippen MR) is 181 cm³/mol. The molecule has 3 aromatic heterocycles. The van der Waals surface area contributed by atoms with Gasteiger partial charge in [-0.25, -0.2) is 9.78 Å². The van der Waals surface area contributed by atoms with Crippen molar-refractivity contribution < 1.29 is 14.3 Å². The van der Waals surface area contributed by atoms with E-state index in [4.69, 9.17) is 9.72 Å². The first kappa shape index (κ1) is 31.0. The summed E-state index contributed by atoms with van der Waals surface area (Å²) in [4.78, 5) is 48.5. The van der Waals surface area contributed by atoms with E-state index in [9.17, 15) is 14.4 Å². The molecule has 2 aliphatic carbocycles. The monoisotopic (exact) mass is 649 g/mol. The number of nitrogens with zero attached hydrogens (tertiary/aromatic N) is 2. The maximum Gasteiger partial charge on any atom is 0.341 e. The molecule has 1 N–H and O–H groups in total. The zero-order valence-corrected chi connectivity index (χ0v) is 28.2. The molecule has 44 heavy (non-hydrogen) atoms. The lowest BCUT2D eigenvalue weighted by Gasteiger charge is -2.36. The predicted octanol–water partition coefficient (Wildman–Crippen LogP) is 7.51. The van der Waals surface area contributed by atoms with Crippen LogP contribution in [0.15, 0.2) is 40.3 Å². The van der Waals surface area contributed by atoms with Gasteiger partial charge >= 0.3 is 5.97 Å². The van der Waals surface area contributed by atoms with Crippen LogP contribution in [0.4, 0.5) is 5.00 Å². The van der Waals surface area contributed by atoms with Crippen LogP contribution in [0.3, 0.4) is 0 Å². The summed E-state index contributed by atoms with van der Waals surface area (Å²) in [5.41, 5.74) is 3.89. The first-order chi connectivity index (χ1) is 21.2. The molecule has 7 nitrogen and oxygen atoms in total. The second kappa shape index (κ2) is 12.8. The number of thioether (sulfide) groups is 1. The number of carbonyl (C=O) groups is 2. The molecule has 3 heterocycles. The van der Waals surface area contributed by atoms with Crippen LogP contribution < -0.4 is 10.9 Å². The number of hydrogen-bond acceptors (Lipinski definition) is 8. The quantitative estimate of drug-likeness (QED) is 0.109. The van der Waals surface area contributed by atoms with E-state index in [-0.39, 0.29) is 35.2 Å². The topological polar surface area (TPSA) is 90.3 Å². The van der Waals surface area contributed by atoms with Gasteiger partial charge in [0.15, 0.2) is 5.16 Å². The molecule has 2 aliphatic rings. The fraction of sp³-hybridized carbons (Fsp3) is 0.471. The van der Waals surface area contributed by atoms with Crippen molar-refractivity contribution in [3.05, 3.63) is 72.7 Å². The highest BCUT2D eigenvalue weighted by Crippen LogP contribution is 2.44. The first-order valence-electron chi connectivity index (χ1n) is 15.5. The molecule has 0 saturated heterocycles. The molecular weight excluding hydrogens is 611 g/mol. The lowest BCUT2D eigenvalue weighted by molar-refractivity contribution is -0.113. The largest absolute Gasteiger partial charge is 0.462 e. The molecule has 232 valence electrons. The van der Waals surface area contributed by atoms with Gasteiger partial charge in [-0.3, -0.25) is 14.2 Å². The van der Waals surface area contributed by atoms with Crippen LogP contribution in [0.25, 0.3) is 10.2 Å². The van der Waals surface area contributed by atoms with Crippen molar-refractivity contribution in [2.75, 3.05) is 17.7 Å². The van der Waals surface area contributed by atoms with Gasteiger partial charge in [0.05, 0.1) is 29.9 Å². The van der Waals surface area contributed by atoms with E-state index < -0.39 is 0 Å². The number of ether oxygens (including phenoxy) is 1. The molecule has 0 saturated carbocycles. The van der Waals surface area contributed by atoms with Crippen LogP contribution in [-0.2, 0) is 41.8 Å². The van der Waals surface area contributed by atoms with Crippen molar-refractivity contribution in [2.45, 2.75) is 84.3 Å². The molecule has 1 amide bonds. The number of rotatable bonds is 10. The zero-order valence-electron chi connectivity index (χ0n) is 25.8. The zero-order chi connectivity index (χ0) is 31.0. The minimum atomic E-state index is -0.384. The summed E-state index contributed by atoms with van der Waals surface area (Å²) in [7, 11) is 0. The average molecular weight is 650 g/mol. The third-order valence-corrected chi connectivity index (χ3v) is 12.7. The number of fused-ring (bicyclic) bond motifs is 4. The highest BCUT2D eigenvalue weighted by atomic mass is 32.2. The summed E-state index contributed by atoms with van der Waals surface area (Å²) in [5, 5.41) is 4.81. The molecular formula is C34H39N3O4S3. The van der Waals surface area contributed by atoms with Gasteiger partial charge in [-0.15, -0.1) is 22.7 Å². The van der Waals surface area contributed by atoms with Gasteiger partial charge in [-0.05, 0) is 73.5 Å². The molecule has 1 atom stereocenters. The summed E-state index contributed by atoms with van der Waals surface area (Å²) < 4.78 is 7.05. The standard InChI is InChI=1S/C34H39N3O4S3/c1-5-34(3,4)21-15-16-23-25(17-21)44-29-27(23)31(39)37(18-20-11-8-7-9-12-20)33(36-29)42-19-26(38)35-30-28(32(40)41-6-2)22-13-10-14-24(22)43-30/h7-9,11-12,21H,5-6,10,13-19H2,1-4H3,(H,35,38)/t21-/m1/s1. The van der Waals surface area contributed by atoms with Gasteiger partial charge < -0.3 is 10.1 Å². The Morgan fingerprint density at radius 1 is 1.09 bits per heavy atom. The summed E-state index contributed by atoms with van der Waals surface area (Å²) in [5.74, 6) is 0.0199. The SMILES string of the molecule is CCOC(=O)c1c(NC(=O)CSc2nc3sc4c(c3c(=O)n2Cc2ccccc2)CC[C@@H](C(C)(C)CC)C4)sc2c1CCC2. The molecule has 0 radical (unpaired) electrons. The van der Waals surface area contributed by atoms with E-state index in [1.54, 1.807) is 22.8 Å². The maximum absolute atomic E-state index is 14.2. The summed E-state index contributed by atoms with van der Waals surface area (Å²) in [6.45, 7) is 9.40. The van der Waals surface area contributed by atoms with E-state index in [1.165, 1.54) is 33.5 Å². The lowest BCUT2D eigenvalue weighted by Crippen LogP contribution is -2.29. The number of aryl methyl sites for hydroxylation is 2. The molecule has 0 aliphatic heterocycles. The Hall–Kier alpha value is -2.95. The molecule has 0 bridgehead atoms. The Labute approximate surface area is 270 Å². The summed E-state index contributed by atoms with van der Waals surface area (Å²) in [6, 6.07) is 9.90. The van der Waals surface area contributed by atoms with Crippen LogP contribution in [0.5, 0.6) is 0 Å². The summed E-state index contributed by atoms with van der Waals surface area (Å²) in [6.07, 6.45) is 6.82. The van der Waals surface area contributed by atoms with Crippen molar-refractivity contribution in [3.63, 3.8) is 0 Å². The third kappa shape index (κ3) is 6.00.